The maximum absolute atomic E-state index is 13.3. The van der Waals surface area contributed by atoms with E-state index in [1.165, 1.54) is 20.1 Å². The first kappa shape index (κ1) is 19.5. The largest absolute Gasteiger partial charge is 0.506 e. The lowest BCUT2D eigenvalue weighted by atomic mass is 9.74. The highest BCUT2D eigenvalue weighted by Gasteiger charge is 2.63. The quantitative estimate of drug-likeness (QED) is 0.510. The van der Waals surface area contributed by atoms with Gasteiger partial charge in [0.15, 0.2) is 6.10 Å². The maximum Gasteiger partial charge on any atom is 0.359 e. The average Bonchev–Trinajstić information content (AvgIpc) is 2.64. The zero-order chi connectivity index (χ0) is 19.9. The third-order valence-corrected chi connectivity index (χ3v) is 5.47. The second kappa shape index (κ2) is 7.02. The van der Waals surface area contributed by atoms with Gasteiger partial charge in [-0.2, -0.15) is 0 Å². The number of ketones is 1. The lowest BCUT2D eigenvalue weighted by Gasteiger charge is -2.44. The molecule has 0 spiro atoms. The van der Waals surface area contributed by atoms with Crippen LogP contribution in [0.2, 0.25) is 0 Å². The highest BCUT2D eigenvalue weighted by Crippen LogP contribution is 2.49. The number of phenolic OH excluding ortho intramolecular Hbond substituents is 1. The number of carbonyl (C=O) groups is 3. The summed E-state index contributed by atoms with van der Waals surface area (Å²) in [5.41, 5.74) is -2.21. The van der Waals surface area contributed by atoms with Gasteiger partial charge in [-0.1, -0.05) is 0 Å². The maximum atomic E-state index is 13.3. The van der Waals surface area contributed by atoms with Gasteiger partial charge in [0.05, 0.1) is 23.4 Å². The van der Waals surface area contributed by atoms with E-state index in [1.807, 2.05) is 22.6 Å². The van der Waals surface area contributed by atoms with Gasteiger partial charge in [-0.05, 0) is 41.1 Å². The van der Waals surface area contributed by atoms with E-state index in [1.54, 1.807) is 6.07 Å². The van der Waals surface area contributed by atoms with Crippen LogP contribution in [0.25, 0.3) is 0 Å². The van der Waals surface area contributed by atoms with Gasteiger partial charge < -0.3 is 24.1 Å². The minimum Gasteiger partial charge on any atom is -0.506 e. The molecule has 0 unspecified atom stereocenters. The minimum absolute atomic E-state index is 0.00145. The summed E-state index contributed by atoms with van der Waals surface area (Å²) in [6.07, 6.45) is -0.646. The average molecular weight is 488 g/mol. The van der Waals surface area contributed by atoms with Crippen molar-refractivity contribution >= 4 is 40.3 Å². The van der Waals surface area contributed by atoms with Crippen molar-refractivity contribution in [1.82, 2.24) is 0 Å². The van der Waals surface area contributed by atoms with Crippen molar-refractivity contribution < 1.29 is 38.4 Å². The van der Waals surface area contributed by atoms with E-state index < -0.39 is 29.4 Å². The summed E-state index contributed by atoms with van der Waals surface area (Å²) in [6.45, 7) is 1.20. The fourth-order valence-corrected chi connectivity index (χ4v) is 3.94. The van der Waals surface area contributed by atoms with Crippen molar-refractivity contribution in [2.24, 2.45) is 0 Å². The molecule has 0 aromatic heterocycles. The number of fused-ring (bicyclic) bond motifs is 2. The second-order valence-corrected chi connectivity index (χ2v) is 7.23. The normalized spacial score (nSPS) is 23.7. The number of rotatable bonds is 3. The molecular weight excluding hydrogens is 471 g/mol. The van der Waals surface area contributed by atoms with Crippen LogP contribution in [0.15, 0.2) is 23.5 Å². The summed E-state index contributed by atoms with van der Waals surface area (Å²) in [4.78, 5) is 37.8. The van der Waals surface area contributed by atoms with Crippen molar-refractivity contribution in [3.05, 3.63) is 32.6 Å². The summed E-state index contributed by atoms with van der Waals surface area (Å²) in [7, 11) is 2.52. The first-order chi connectivity index (χ1) is 12.8. The number of allylic oxidation sites excluding steroid dienone is 1. The van der Waals surface area contributed by atoms with E-state index in [4.69, 9.17) is 18.9 Å². The van der Waals surface area contributed by atoms with Crippen molar-refractivity contribution in [2.45, 2.75) is 31.5 Å². The summed E-state index contributed by atoms with van der Waals surface area (Å²) in [6, 6.07) is 3.02. The van der Waals surface area contributed by atoms with Crippen LogP contribution in [0.1, 0.15) is 30.1 Å². The van der Waals surface area contributed by atoms with Gasteiger partial charge in [0.25, 0.3) is 5.60 Å². The van der Waals surface area contributed by atoms with Crippen LogP contribution >= 0.6 is 22.6 Å². The molecule has 0 radical (unpaired) electrons. The van der Waals surface area contributed by atoms with E-state index in [-0.39, 0.29) is 41.2 Å². The third kappa shape index (κ3) is 2.84. The van der Waals surface area contributed by atoms with E-state index in [9.17, 15) is 19.5 Å². The standard InChI is InChI=1S/C18H17IO8/c1-8(20)26-12-7-6-11(24-2)14-16(22)13-10(5-4-9(19)15(13)21)27-18(12,14)17(23)25-3/h4-5,12,21H,6-7H2,1-3H3/t12-,18+/m1/s1. The summed E-state index contributed by atoms with van der Waals surface area (Å²) in [5, 5.41) is 10.4. The molecule has 1 aromatic carbocycles. The first-order valence-corrected chi connectivity index (χ1v) is 9.14. The molecule has 27 heavy (non-hydrogen) atoms. The van der Waals surface area contributed by atoms with E-state index in [2.05, 4.69) is 0 Å². The molecule has 1 aliphatic heterocycles. The summed E-state index contributed by atoms with van der Waals surface area (Å²) in [5.74, 6) is -2.19. The topological polar surface area (TPSA) is 108 Å². The Morgan fingerprint density at radius 2 is 2.04 bits per heavy atom. The number of phenols is 1. The van der Waals surface area contributed by atoms with Crippen LogP contribution in [0.5, 0.6) is 11.5 Å². The van der Waals surface area contributed by atoms with Gasteiger partial charge in [-0.25, -0.2) is 4.79 Å². The molecule has 0 amide bonds. The number of aromatic hydroxyl groups is 1. The number of ether oxygens (including phenoxy) is 4. The second-order valence-electron chi connectivity index (χ2n) is 6.07. The molecule has 0 saturated carbocycles. The SMILES string of the molecule is COC(=O)[C@@]12Oc3ccc(I)c(O)c3C(=O)C1=C(OC)CC[C@H]2OC(C)=O. The van der Waals surface area contributed by atoms with Gasteiger partial charge in [0.1, 0.15) is 22.8 Å². The van der Waals surface area contributed by atoms with Crippen molar-refractivity contribution in [2.75, 3.05) is 14.2 Å². The molecule has 1 N–H and O–H groups in total. The molecule has 1 aromatic rings. The molecule has 0 saturated heterocycles. The Balaban J connectivity index is 2.33. The van der Waals surface area contributed by atoms with Gasteiger partial charge >= 0.3 is 11.9 Å². The molecule has 144 valence electrons. The Labute approximate surface area is 168 Å². The zero-order valence-corrected chi connectivity index (χ0v) is 17.0. The van der Waals surface area contributed by atoms with E-state index in [0.29, 0.717) is 3.57 Å². The van der Waals surface area contributed by atoms with Crippen LogP contribution < -0.4 is 4.74 Å². The molecule has 2 aliphatic rings. The molecule has 8 nitrogen and oxygen atoms in total. The molecule has 0 bridgehead atoms. The predicted octanol–water partition coefficient (Wildman–Crippen LogP) is 2.11. The van der Waals surface area contributed by atoms with E-state index in [0.717, 1.165) is 7.11 Å². The smallest absolute Gasteiger partial charge is 0.359 e. The van der Waals surface area contributed by atoms with Crippen molar-refractivity contribution in [3.8, 4) is 11.5 Å². The highest BCUT2D eigenvalue weighted by atomic mass is 127. The highest BCUT2D eigenvalue weighted by molar-refractivity contribution is 14.1. The molecule has 1 aliphatic carbocycles. The Hall–Kier alpha value is -2.30. The lowest BCUT2D eigenvalue weighted by molar-refractivity contribution is -0.177. The van der Waals surface area contributed by atoms with Crippen LogP contribution in [0, 0.1) is 3.57 Å². The molecule has 3 rings (SSSR count). The number of esters is 2. The number of hydrogen-bond acceptors (Lipinski definition) is 8. The number of hydrogen-bond donors (Lipinski definition) is 1. The van der Waals surface area contributed by atoms with Crippen molar-refractivity contribution in [3.63, 3.8) is 0 Å². The van der Waals surface area contributed by atoms with Crippen LogP contribution in [-0.2, 0) is 23.8 Å². The van der Waals surface area contributed by atoms with Gasteiger partial charge in [-0.15, -0.1) is 0 Å². The molecule has 2 atom stereocenters. The number of halogens is 1. The molecule has 1 heterocycles. The monoisotopic (exact) mass is 488 g/mol. The van der Waals surface area contributed by atoms with Crippen LogP contribution in [0.4, 0.5) is 0 Å². The van der Waals surface area contributed by atoms with Crippen molar-refractivity contribution in [1.29, 1.82) is 0 Å². The molecular formula is C18H17IO8. The van der Waals surface area contributed by atoms with Gasteiger partial charge in [-0.3, -0.25) is 9.59 Å². The minimum atomic E-state index is -2.01. The Bertz CT molecular complexity index is 874. The van der Waals surface area contributed by atoms with Gasteiger partial charge in [0, 0.05) is 13.3 Å². The Morgan fingerprint density at radius 3 is 2.63 bits per heavy atom. The predicted molar refractivity (Wildman–Crippen MR) is 99.4 cm³/mol. The summed E-state index contributed by atoms with van der Waals surface area (Å²) >= 11 is 1.88. The number of carbonyl (C=O) groups excluding carboxylic acids is 3. The molecule has 9 heteroatoms. The van der Waals surface area contributed by atoms with Gasteiger partial charge in [0.2, 0.25) is 5.78 Å². The zero-order valence-electron chi connectivity index (χ0n) is 14.8. The number of methoxy groups -OCH3 is 2. The van der Waals surface area contributed by atoms with Crippen LogP contribution in [0.3, 0.4) is 0 Å². The fourth-order valence-electron chi connectivity index (χ4n) is 3.49. The number of benzene rings is 1. The first-order valence-electron chi connectivity index (χ1n) is 8.06. The third-order valence-electron chi connectivity index (χ3n) is 4.60. The summed E-state index contributed by atoms with van der Waals surface area (Å²) < 4.78 is 22.0. The Kier molecular flexibility index (Phi) is 5.06. The Morgan fingerprint density at radius 1 is 1.33 bits per heavy atom. The van der Waals surface area contributed by atoms with E-state index >= 15 is 0 Å². The lowest BCUT2D eigenvalue weighted by Crippen LogP contribution is -2.62. The number of Topliss-reactive ketones (excluding diaryl/α,β-unsaturated/α-hetero) is 1. The van der Waals surface area contributed by atoms with Crippen LogP contribution in [-0.4, -0.2) is 48.8 Å². The molecule has 0 fully saturated rings. The fraction of sp³-hybridized carbons (Fsp3) is 0.389.